The lowest BCUT2D eigenvalue weighted by molar-refractivity contribution is 0.669. The van der Waals surface area contributed by atoms with Crippen LogP contribution in [-0.4, -0.2) is 19.5 Å². The number of nitrogens with zero attached hydrogens (tertiary/aromatic N) is 4. The van der Waals surface area contributed by atoms with Crippen LogP contribution in [-0.2, 0) is 0 Å². The van der Waals surface area contributed by atoms with Gasteiger partial charge in [0, 0.05) is 58.7 Å². The van der Waals surface area contributed by atoms with Crippen LogP contribution >= 0.6 is 11.3 Å². The molecule has 4 heterocycles. The second-order valence-electron chi connectivity index (χ2n) is 14.4. The van der Waals surface area contributed by atoms with E-state index in [9.17, 15) is 0 Å². The van der Waals surface area contributed by atoms with E-state index in [1.165, 1.54) is 25.6 Å². The van der Waals surface area contributed by atoms with Crippen molar-refractivity contribution in [3.63, 3.8) is 0 Å². The highest BCUT2D eigenvalue weighted by Gasteiger charge is 2.23. The van der Waals surface area contributed by atoms with Crippen LogP contribution in [0.3, 0.4) is 0 Å². The van der Waals surface area contributed by atoms with Crippen molar-refractivity contribution in [2.24, 2.45) is 0 Å². The maximum atomic E-state index is 6.69. The average Bonchev–Trinajstić information content (AvgIpc) is 3.96. The van der Waals surface area contributed by atoms with Crippen molar-refractivity contribution in [3.05, 3.63) is 182 Å². The quantitative estimate of drug-likeness (QED) is 0.176. The van der Waals surface area contributed by atoms with E-state index in [-0.39, 0.29) is 0 Å². The van der Waals surface area contributed by atoms with Crippen LogP contribution in [0.1, 0.15) is 0 Å². The fourth-order valence-electron chi connectivity index (χ4n) is 8.45. The van der Waals surface area contributed by atoms with E-state index in [2.05, 4.69) is 168 Å². The highest BCUT2D eigenvalue weighted by molar-refractivity contribution is 7.25. The third-order valence-electron chi connectivity index (χ3n) is 11.1. The Morgan fingerprint density at radius 2 is 1.02 bits per heavy atom. The van der Waals surface area contributed by atoms with Gasteiger partial charge in [-0.15, -0.1) is 11.3 Å². The third-order valence-corrected chi connectivity index (χ3v) is 12.2. The Balaban J connectivity index is 1.13. The summed E-state index contributed by atoms with van der Waals surface area (Å²) in [5, 5.41) is 6.84. The minimum atomic E-state index is 0.589. The Morgan fingerprint density at radius 3 is 1.86 bits per heavy atom. The van der Waals surface area contributed by atoms with E-state index in [0.29, 0.717) is 17.5 Å². The van der Waals surface area contributed by atoms with Gasteiger partial charge >= 0.3 is 0 Å². The largest absolute Gasteiger partial charge is 0.456 e. The number of furan rings is 1. The van der Waals surface area contributed by atoms with Crippen molar-refractivity contribution in [2.45, 2.75) is 0 Å². The second-order valence-corrected chi connectivity index (χ2v) is 15.4. The first-order valence-electron chi connectivity index (χ1n) is 19.0. The molecule has 0 atom stereocenters. The number of para-hydroxylation sites is 2. The second kappa shape index (κ2) is 12.6. The molecule has 266 valence electrons. The monoisotopic (exact) mass is 746 g/mol. The molecule has 5 nitrogen and oxygen atoms in total. The summed E-state index contributed by atoms with van der Waals surface area (Å²) in [6.07, 6.45) is 0. The summed E-state index contributed by atoms with van der Waals surface area (Å²) in [7, 11) is 0. The van der Waals surface area contributed by atoms with Gasteiger partial charge in [0.1, 0.15) is 11.2 Å². The van der Waals surface area contributed by atoms with Gasteiger partial charge in [0.25, 0.3) is 0 Å². The summed E-state index contributed by atoms with van der Waals surface area (Å²) >= 11 is 1.79. The molecule has 0 radical (unpaired) electrons. The van der Waals surface area contributed by atoms with Crippen molar-refractivity contribution < 1.29 is 4.42 Å². The van der Waals surface area contributed by atoms with Crippen molar-refractivity contribution in [1.29, 1.82) is 0 Å². The third kappa shape index (κ3) is 5.04. The Hall–Kier alpha value is -7.41. The zero-order valence-corrected chi connectivity index (χ0v) is 31.2. The summed E-state index contributed by atoms with van der Waals surface area (Å²) in [6.45, 7) is 0. The SMILES string of the molecule is c1ccc(-c2ccc(-c3nc(-c4ccc5c(c4)sc4ccccc45)nc(-c4cccc5oc6ccc7c8ccccc8n(-c8ccccc8)c7c6c45)n3)cc2)cc1. The van der Waals surface area contributed by atoms with Gasteiger partial charge in [0.2, 0.25) is 0 Å². The maximum absolute atomic E-state index is 6.69. The lowest BCUT2D eigenvalue weighted by atomic mass is 10.0. The van der Waals surface area contributed by atoms with Crippen LogP contribution in [0.2, 0.25) is 0 Å². The van der Waals surface area contributed by atoms with Gasteiger partial charge in [-0.3, -0.25) is 0 Å². The van der Waals surface area contributed by atoms with Gasteiger partial charge in [-0.1, -0.05) is 133 Å². The number of hydrogen-bond acceptors (Lipinski definition) is 5. The minimum Gasteiger partial charge on any atom is -0.456 e. The van der Waals surface area contributed by atoms with Crippen molar-refractivity contribution in [3.8, 4) is 51.0 Å². The van der Waals surface area contributed by atoms with E-state index in [1.807, 2.05) is 18.2 Å². The molecular weight excluding hydrogens is 717 g/mol. The normalized spacial score (nSPS) is 11.9. The number of rotatable bonds is 5. The van der Waals surface area contributed by atoms with E-state index >= 15 is 0 Å². The Labute approximate surface area is 330 Å². The van der Waals surface area contributed by atoms with E-state index in [4.69, 9.17) is 19.4 Å². The van der Waals surface area contributed by atoms with Gasteiger partial charge in [-0.2, -0.15) is 0 Å². The molecule has 8 aromatic carbocycles. The Morgan fingerprint density at radius 1 is 0.404 bits per heavy atom. The smallest absolute Gasteiger partial charge is 0.164 e. The lowest BCUT2D eigenvalue weighted by Crippen LogP contribution is -2.00. The summed E-state index contributed by atoms with van der Waals surface area (Å²) < 4.78 is 11.5. The fraction of sp³-hybridized carbons (Fsp3) is 0. The Kier molecular flexibility index (Phi) is 7.03. The van der Waals surface area contributed by atoms with Crippen LogP contribution in [0.25, 0.3) is 115 Å². The van der Waals surface area contributed by atoms with E-state index < -0.39 is 0 Å². The topological polar surface area (TPSA) is 56.7 Å². The molecule has 0 bridgehead atoms. The molecule has 0 saturated carbocycles. The number of thiophene rings is 1. The first-order chi connectivity index (χ1) is 28.2. The minimum absolute atomic E-state index is 0.589. The highest BCUT2D eigenvalue weighted by Crippen LogP contribution is 2.44. The molecule has 12 rings (SSSR count). The maximum Gasteiger partial charge on any atom is 0.164 e. The van der Waals surface area contributed by atoms with E-state index in [1.54, 1.807) is 11.3 Å². The summed E-state index contributed by atoms with van der Waals surface area (Å²) in [4.78, 5) is 15.7. The predicted octanol–water partition coefficient (Wildman–Crippen LogP) is 13.9. The van der Waals surface area contributed by atoms with Crippen LogP contribution in [0.5, 0.6) is 0 Å². The van der Waals surface area contributed by atoms with Crippen LogP contribution in [0.4, 0.5) is 0 Å². The van der Waals surface area contributed by atoms with Gasteiger partial charge < -0.3 is 8.98 Å². The molecule has 0 fully saturated rings. The van der Waals surface area contributed by atoms with Crippen molar-refractivity contribution >= 4 is 75.3 Å². The van der Waals surface area contributed by atoms with Crippen LogP contribution in [0, 0.1) is 0 Å². The molecule has 0 spiro atoms. The van der Waals surface area contributed by atoms with E-state index in [0.717, 1.165) is 71.9 Å². The first kappa shape index (κ1) is 31.9. The van der Waals surface area contributed by atoms with Crippen LogP contribution < -0.4 is 0 Å². The predicted molar refractivity (Wildman–Crippen MR) is 236 cm³/mol. The number of hydrogen-bond donors (Lipinski definition) is 0. The van der Waals surface area contributed by atoms with Gasteiger partial charge in [-0.25, -0.2) is 15.0 Å². The molecule has 57 heavy (non-hydrogen) atoms. The number of aromatic nitrogens is 4. The highest BCUT2D eigenvalue weighted by atomic mass is 32.1. The van der Waals surface area contributed by atoms with Gasteiger partial charge in [0.15, 0.2) is 17.5 Å². The van der Waals surface area contributed by atoms with Crippen LogP contribution in [0.15, 0.2) is 186 Å². The zero-order chi connectivity index (χ0) is 37.5. The number of fused-ring (bicyclic) bond motifs is 10. The lowest BCUT2D eigenvalue weighted by Gasteiger charge is -2.11. The molecule has 0 aliphatic carbocycles. The zero-order valence-electron chi connectivity index (χ0n) is 30.4. The standard InChI is InChI=1S/C51H30N4OS/c1-3-12-31(13-4-1)32-22-24-33(25-23-32)49-52-50(34-26-27-38-37-17-8-10-21-44(37)57-45(38)30-34)54-51(53-49)40-18-11-20-42-46(40)47-43(56-42)29-28-39-36-16-7-9-19-41(36)55(48(39)47)35-14-5-2-6-15-35/h1-30H. The fourth-order valence-corrected chi connectivity index (χ4v) is 9.60. The van der Waals surface area contributed by atoms with Gasteiger partial charge in [-0.05, 0) is 59.7 Å². The summed E-state index contributed by atoms with van der Waals surface area (Å²) in [6, 6.07) is 63.7. The Bertz CT molecular complexity index is 3510. The summed E-state index contributed by atoms with van der Waals surface area (Å²) in [5.41, 5.74) is 9.95. The molecular formula is C51H30N4OS. The molecule has 0 unspecified atom stereocenters. The molecule has 0 saturated heterocycles. The molecule has 0 aliphatic rings. The van der Waals surface area contributed by atoms with Gasteiger partial charge in [0.05, 0.1) is 16.4 Å². The first-order valence-corrected chi connectivity index (χ1v) is 19.8. The summed E-state index contributed by atoms with van der Waals surface area (Å²) in [5.74, 6) is 1.82. The average molecular weight is 747 g/mol. The molecule has 4 aromatic heterocycles. The number of benzene rings is 8. The molecule has 0 aliphatic heterocycles. The molecule has 12 aromatic rings. The molecule has 0 amide bonds. The van der Waals surface area contributed by atoms with Crippen molar-refractivity contribution in [1.82, 2.24) is 19.5 Å². The molecule has 6 heteroatoms. The van der Waals surface area contributed by atoms with Crippen molar-refractivity contribution in [2.75, 3.05) is 0 Å². The molecule has 0 N–H and O–H groups in total.